The number of fused-ring (bicyclic) bond motifs is 1. The lowest BCUT2D eigenvalue weighted by atomic mass is 10.2. The molecule has 0 unspecified atom stereocenters. The van der Waals surface area contributed by atoms with Gasteiger partial charge in [-0.2, -0.15) is 4.98 Å². The number of benzene rings is 2. The first kappa shape index (κ1) is 19.0. The van der Waals surface area contributed by atoms with Gasteiger partial charge in [0.15, 0.2) is 11.0 Å². The normalized spacial score (nSPS) is 10.9. The molecule has 1 amide bonds. The number of aromatic amines is 1. The molecule has 0 radical (unpaired) electrons. The van der Waals surface area contributed by atoms with E-state index in [4.69, 9.17) is 9.26 Å². The summed E-state index contributed by atoms with van der Waals surface area (Å²) in [7, 11) is 1.60. The summed E-state index contributed by atoms with van der Waals surface area (Å²) in [6.45, 7) is 0. The van der Waals surface area contributed by atoms with Gasteiger partial charge in [0.25, 0.3) is 0 Å². The number of H-pyrrole nitrogens is 1. The lowest BCUT2D eigenvalue weighted by molar-refractivity contribution is -0.116. The van der Waals surface area contributed by atoms with E-state index in [1.165, 1.54) is 11.8 Å². The summed E-state index contributed by atoms with van der Waals surface area (Å²) in [5.74, 6) is 2.16. The summed E-state index contributed by atoms with van der Waals surface area (Å²) < 4.78 is 10.3. The molecule has 8 nitrogen and oxygen atoms in total. The molecule has 0 aliphatic rings. The smallest absolute Gasteiger partial charge is 0.227 e. The molecule has 2 aromatic carbocycles. The van der Waals surface area contributed by atoms with E-state index in [0.29, 0.717) is 29.6 Å². The number of ether oxygens (including phenoxy) is 1. The van der Waals surface area contributed by atoms with E-state index in [9.17, 15) is 4.79 Å². The molecule has 2 N–H and O–H groups in total. The van der Waals surface area contributed by atoms with Crippen LogP contribution >= 0.6 is 11.8 Å². The Morgan fingerprint density at radius 3 is 2.79 bits per heavy atom. The number of para-hydroxylation sites is 2. The van der Waals surface area contributed by atoms with Crippen molar-refractivity contribution in [2.24, 2.45) is 0 Å². The topological polar surface area (TPSA) is 106 Å². The van der Waals surface area contributed by atoms with Gasteiger partial charge in [-0.15, -0.1) is 0 Å². The van der Waals surface area contributed by atoms with Crippen LogP contribution in [-0.4, -0.2) is 33.1 Å². The predicted octanol–water partition coefficient (Wildman–Crippen LogP) is 3.82. The van der Waals surface area contributed by atoms with Crippen LogP contribution in [-0.2, 0) is 17.0 Å². The molecule has 0 saturated heterocycles. The fraction of sp³-hybridized carbons (Fsp3) is 0.200. The Morgan fingerprint density at radius 2 is 2.00 bits per heavy atom. The number of amides is 1. The first-order valence-electron chi connectivity index (χ1n) is 9.02. The second-order valence-corrected chi connectivity index (χ2v) is 7.19. The first-order valence-corrected chi connectivity index (χ1v) is 10.0. The largest absolute Gasteiger partial charge is 0.497 e. The standard InChI is InChI=1S/C20H19N5O3S/c1-27-14-8-6-13(7-9-14)21-18(26)10-11-19-24-17(25-28-19)12-29-20-22-15-4-2-3-5-16(15)23-20/h2-9H,10-12H2,1H3,(H,21,26)(H,22,23). The van der Waals surface area contributed by atoms with E-state index in [0.717, 1.165) is 21.9 Å². The Balaban J connectivity index is 1.25. The van der Waals surface area contributed by atoms with E-state index < -0.39 is 0 Å². The third-order valence-electron chi connectivity index (χ3n) is 4.16. The molecule has 0 bridgehead atoms. The average molecular weight is 409 g/mol. The van der Waals surface area contributed by atoms with Crippen molar-refractivity contribution in [1.29, 1.82) is 0 Å². The summed E-state index contributed by atoms with van der Waals surface area (Å²) in [5, 5.41) is 7.60. The molecule has 0 atom stereocenters. The van der Waals surface area contributed by atoms with Gasteiger partial charge in [-0.05, 0) is 36.4 Å². The summed E-state index contributed by atoms with van der Waals surface area (Å²) in [6, 6.07) is 15.0. The molecular formula is C20H19N5O3S. The van der Waals surface area contributed by atoms with Crippen molar-refractivity contribution in [2.75, 3.05) is 12.4 Å². The quantitative estimate of drug-likeness (QED) is 0.426. The number of carbonyl (C=O) groups excluding carboxylic acids is 1. The van der Waals surface area contributed by atoms with Crippen LogP contribution in [0.4, 0.5) is 5.69 Å². The molecule has 4 rings (SSSR count). The second kappa shape index (κ2) is 8.78. The molecule has 29 heavy (non-hydrogen) atoms. The number of anilines is 1. The summed E-state index contributed by atoms with van der Waals surface area (Å²) >= 11 is 1.50. The second-order valence-electron chi connectivity index (χ2n) is 6.23. The number of thioether (sulfide) groups is 1. The third-order valence-corrected chi connectivity index (χ3v) is 5.02. The number of methoxy groups -OCH3 is 1. The van der Waals surface area contributed by atoms with Crippen molar-refractivity contribution in [1.82, 2.24) is 20.1 Å². The van der Waals surface area contributed by atoms with Crippen LogP contribution in [0.25, 0.3) is 11.0 Å². The summed E-state index contributed by atoms with van der Waals surface area (Å²) in [6.07, 6.45) is 0.634. The van der Waals surface area contributed by atoms with E-state index >= 15 is 0 Å². The highest BCUT2D eigenvalue weighted by atomic mass is 32.2. The van der Waals surface area contributed by atoms with Crippen LogP contribution in [0.2, 0.25) is 0 Å². The lowest BCUT2D eigenvalue weighted by Gasteiger charge is -2.05. The molecule has 0 spiro atoms. The summed E-state index contributed by atoms with van der Waals surface area (Å²) in [5.41, 5.74) is 2.63. The highest BCUT2D eigenvalue weighted by Crippen LogP contribution is 2.22. The number of rotatable bonds is 8. The number of imidazole rings is 1. The van der Waals surface area contributed by atoms with Crippen LogP contribution < -0.4 is 10.1 Å². The maximum Gasteiger partial charge on any atom is 0.227 e. The van der Waals surface area contributed by atoms with Gasteiger partial charge in [0.2, 0.25) is 11.8 Å². The molecule has 0 fully saturated rings. The van der Waals surface area contributed by atoms with Gasteiger partial charge < -0.3 is 19.6 Å². The fourth-order valence-electron chi connectivity index (χ4n) is 2.70. The first-order chi connectivity index (χ1) is 14.2. The zero-order valence-electron chi connectivity index (χ0n) is 15.7. The van der Waals surface area contributed by atoms with Gasteiger partial charge in [-0.1, -0.05) is 29.1 Å². The van der Waals surface area contributed by atoms with Crippen LogP contribution in [0.5, 0.6) is 5.75 Å². The van der Waals surface area contributed by atoms with Gasteiger partial charge in [-0.25, -0.2) is 4.98 Å². The zero-order valence-corrected chi connectivity index (χ0v) is 16.5. The molecule has 4 aromatic rings. The highest BCUT2D eigenvalue weighted by Gasteiger charge is 2.11. The molecule has 0 aliphatic carbocycles. The van der Waals surface area contributed by atoms with Gasteiger partial charge in [0.05, 0.1) is 23.9 Å². The van der Waals surface area contributed by atoms with Crippen molar-refractivity contribution in [3.63, 3.8) is 0 Å². The Kier molecular flexibility index (Phi) is 5.76. The Hall–Kier alpha value is -3.33. The van der Waals surface area contributed by atoms with Crippen molar-refractivity contribution in [2.45, 2.75) is 23.8 Å². The SMILES string of the molecule is COc1ccc(NC(=O)CCc2nc(CSc3nc4ccccc4[nH]3)no2)cc1. The predicted molar refractivity (Wildman–Crippen MR) is 110 cm³/mol. The molecule has 0 saturated carbocycles. The maximum atomic E-state index is 12.1. The molecule has 148 valence electrons. The highest BCUT2D eigenvalue weighted by molar-refractivity contribution is 7.98. The number of nitrogens with one attached hydrogen (secondary N) is 2. The van der Waals surface area contributed by atoms with Crippen molar-refractivity contribution < 1.29 is 14.1 Å². The summed E-state index contributed by atoms with van der Waals surface area (Å²) in [4.78, 5) is 24.2. The van der Waals surface area contributed by atoms with Crippen molar-refractivity contribution >= 4 is 34.4 Å². The van der Waals surface area contributed by atoms with Crippen LogP contribution in [0.1, 0.15) is 18.1 Å². The minimum Gasteiger partial charge on any atom is -0.497 e. The average Bonchev–Trinajstić information content (AvgIpc) is 3.37. The zero-order chi connectivity index (χ0) is 20.1. The molecule has 2 heterocycles. The minimum absolute atomic E-state index is 0.119. The number of aromatic nitrogens is 4. The Bertz CT molecular complexity index is 1070. The lowest BCUT2D eigenvalue weighted by Crippen LogP contribution is -2.12. The minimum atomic E-state index is -0.119. The van der Waals surface area contributed by atoms with Gasteiger partial charge in [0.1, 0.15) is 5.75 Å². The number of aryl methyl sites for hydroxylation is 1. The molecule has 9 heteroatoms. The molecular weight excluding hydrogens is 390 g/mol. The van der Waals surface area contributed by atoms with Gasteiger partial charge in [-0.3, -0.25) is 4.79 Å². The van der Waals surface area contributed by atoms with Crippen molar-refractivity contribution in [3.05, 3.63) is 60.2 Å². The van der Waals surface area contributed by atoms with E-state index in [2.05, 4.69) is 25.4 Å². The number of hydrogen-bond acceptors (Lipinski definition) is 7. The Morgan fingerprint density at radius 1 is 1.17 bits per heavy atom. The van der Waals surface area contributed by atoms with E-state index in [1.807, 2.05) is 24.3 Å². The maximum absolute atomic E-state index is 12.1. The number of nitrogens with zero attached hydrogens (tertiary/aromatic N) is 3. The monoisotopic (exact) mass is 409 g/mol. The van der Waals surface area contributed by atoms with Crippen LogP contribution in [0.15, 0.2) is 58.2 Å². The van der Waals surface area contributed by atoms with Gasteiger partial charge >= 0.3 is 0 Å². The molecule has 0 aliphatic heterocycles. The van der Waals surface area contributed by atoms with Crippen LogP contribution in [0, 0.1) is 0 Å². The van der Waals surface area contributed by atoms with Crippen molar-refractivity contribution in [3.8, 4) is 5.75 Å². The number of carbonyl (C=O) groups is 1. The van der Waals surface area contributed by atoms with Crippen LogP contribution in [0.3, 0.4) is 0 Å². The number of hydrogen-bond donors (Lipinski definition) is 2. The third kappa shape index (κ3) is 4.94. The van der Waals surface area contributed by atoms with Gasteiger partial charge in [0, 0.05) is 18.5 Å². The molecule has 2 aromatic heterocycles. The van der Waals surface area contributed by atoms with E-state index in [1.54, 1.807) is 31.4 Å². The fourth-order valence-corrected chi connectivity index (χ4v) is 3.43. The Labute approximate surface area is 171 Å². The van der Waals surface area contributed by atoms with E-state index in [-0.39, 0.29) is 12.3 Å².